The molecule has 0 radical (unpaired) electrons. The van der Waals surface area contributed by atoms with Crippen molar-refractivity contribution >= 4 is 28.9 Å². The van der Waals surface area contributed by atoms with Crippen LogP contribution in [0.4, 0.5) is 23.0 Å². The van der Waals surface area contributed by atoms with E-state index in [9.17, 15) is 4.79 Å². The van der Waals surface area contributed by atoms with Crippen LogP contribution in [-0.4, -0.2) is 78.1 Å². The maximum atomic E-state index is 12.3. The zero-order chi connectivity index (χ0) is 27.5. The van der Waals surface area contributed by atoms with Crippen LogP contribution in [0.25, 0.3) is 5.82 Å². The van der Waals surface area contributed by atoms with E-state index in [1.54, 1.807) is 13.3 Å². The fourth-order valence-electron chi connectivity index (χ4n) is 4.73. The van der Waals surface area contributed by atoms with Gasteiger partial charge in [-0.15, -0.1) is 0 Å². The van der Waals surface area contributed by atoms with Crippen molar-refractivity contribution in [3.63, 3.8) is 0 Å². The number of hydrogen-bond acceptors (Lipinski definition) is 9. The first kappa shape index (κ1) is 26.6. The van der Waals surface area contributed by atoms with Crippen molar-refractivity contribution in [2.24, 2.45) is 0 Å². The number of ether oxygens (including phenoxy) is 2. The largest absolute Gasteiger partial charge is 0.494 e. The highest BCUT2D eigenvalue weighted by Gasteiger charge is 2.30. The van der Waals surface area contributed by atoms with Gasteiger partial charge in [-0.3, -0.25) is 4.79 Å². The number of aryl methyl sites for hydroxylation is 1. The minimum absolute atomic E-state index is 0.298. The van der Waals surface area contributed by atoms with Crippen LogP contribution in [0, 0.1) is 6.92 Å². The number of nitrogens with zero attached hydrogens (tertiary/aromatic N) is 6. The van der Waals surface area contributed by atoms with Crippen molar-refractivity contribution in [3.05, 3.63) is 54.0 Å². The summed E-state index contributed by atoms with van der Waals surface area (Å²) in [6, 6.07) is 3.74. The maximum absolute atomic E-state index is 12.3. The molecule has 1 aliphatic carbocycles. The molecule has 1 saturated carbocycles. The number of morpholine rings is 1. The number of carbonyl (C=O) groups is 1. The Balaban J connectivity index is 1.49. The molecule has 5 rings (SSSR count). The summed E-state index contributed by atoms with van der Waals surface area (Å²) in [5, 5.41) is 11.2. The highest BCUT2D eigenvalue weighted by atomic mass is 16.5. The van der Waals surface area contributed by atoms with E-state index in [1.807, 2.05) is 23.7 Å². The minimum Gasteiger partial charge on any atom is -0.494 e. The smallest absolute Gasteiger partial charge is 0.247 e. The highest BCUT2D eigenvalue weighted by molar-refractivity contribution is 6.02. The lowest BCUT2D eigenvalue weighted by Crippen LogP contribution is -2.36. The number of aromatic nitrogens is 4. The van der Waals surface area contributed by atoms with Crippen molar-refractivity contribution in [1.82, 2.24) is 24.6 Å². The van der Waals surface area contributed by atoms with Crippen LogP contribution < -0.4 is 20.3 Å². The average Bonchev–Trinajstić information content (AvgIpc) is 3.70. The van der Waals surface area contributed by atoms with Gasteiger partial charge in [-0.2, -0.15) is 10.1 Å². The first-order valence-corrected chi connectivity index (χ1v) is 13.2. The second-order valence-electron chi connectivity index (χ2n) is 10.2. The van der Waals surface area contributed by atoms with E-state index in [2.05, 4.69) is 52.3 Å². The fraction of sp³-hybridized carbons (Fsp3) is 0.429. The monoisotopic (exact) mass is 532 g/mol. The molecule has 2 N–H and O–H groups in total. The summed E-state index contributed by atoms with van der Waals surface area (Å²) in [4.78, 5) is 25.9. The molecular weight excluding hydrogens is 496 g/mol. The summed E-state index contributed by atoms with van der Waals surface area (Å²) in [7, 11) is 5.74. The van der Waals surface area contributed by atoms with Gasteiger partial charge in [-0.25, -0.2) is 9.67 Å². The van der Waals surface area contributed by atoms with E-state index in [1.165, 1.54) is 24.5 Å². The Kier molecular flexibility index (Phi) is 7.80. The molecule has 2 aliphatic rings. The SMILES string of the molecule is C=CC(=O)Nc1cc(Nc2ncc(C)c(-n3cc(CN(C)C)c(C4CC4)n3)n2)c(OC)cc1N1CCOCC1. The Morgan fingerprint density at radius 2 is 2.03 bits per heavy atom. The second-order valence-corrected chi connectivity index (χ2v) is 10.2. The van der Waals surface area contributed by atoms with Crippen molar-refractivity contribution in [2.75, 3.05) is 63.0 Å². The zero-order valence-electron chi connectivity index (χ0n) is 23.0. The van der Waals surface area contributed by atoms with Gasteiger partial charge < -0.3 is 29.9 Å². The molecular formula is C28H36N8O3. The third kappa shape index (κ3) is 6.04. The predicted octanol–water partition coefficient (Wildman–Crippen LogP) is 3.62. The summed E-state index contributed by atoms with van der Waals surface area (Å²) < 4.78 is 13.1. The molecule has 0 unspecified atom stereocenters. The summed E-state index contributed by atoms with van der Waals surface area (Å²) in [6.45, 7) is 9.04. The number of hydrogen-bond donors (Lipinski definition) is 2. The Morgan fingerprint density at radius 1 is 1.26 bits per heavy atom. The van der Waals surface area contributed by atoms with Crippen molar-refractivity contribution in [1.29, 1.82) is 0 Å². The van der Waals surface area contributed by atoms with E-state index < -0.39 is 0 Å². The highest BCUT2D eigenvalue weighted by Crippen LogP contribution is 2.41. The molecule has 2 aromatic heterocycles. The van der Waals surface area contributed by atoms with Gasteiger partial charge in [0.05, 0.1) is 43.1 Å². The number of nitrogens with one attached hydrogen (secondary N) is 2. The number of carbonyl (C=O) groups excluding carboxylic acids is 1. The van der Waals surface area contributed by atoms with Crippen LogP contribution in [0.2, 0.25) is 0 Å². The van der Waals surface area contributed by atoms with Gasteiger partial charge in [-0.1, -0.05) is 6.58 Å². The number of benzene rings is 1. The van der Waals surface area contributed by atoms with E-state index >= 15 is 0 Å². The molecule has 1 saturated heterocycles. The van der Waals surface area contributed by atoms with Crippen LogP contribution in [0.15, 0.2) is 37.2 Å². The first-order chi connectivity index (χ1) is 18.9. The van der Waals surface area contributed by atoms with Crippen molar-refractivity contribution < 1.29 is 14.3 Å². The minimum atomic E-state index is -0.298. The Hall–Kier alpha value is -3.96. The lowest BCUT2D eigenvalue weighted by Gasteiger charge is -2.31. The molecule has 3 aromatic rings. The van der Waals surface area contributed by atoms with Gasteiger partial charge in [-0.05, 0) is 46.0 Å². The van der Waals surface area contributed by atoms with E-state index in [0.29, 0.717) is 61.1 Å². The van der Waals surface area contributed by atoms with Crippen LogP contribution in [0.5, 0.6) is 5.75 Å². The molecule has 39 heavy (non-hydrogen) atoms. The van der Waals surface area contributed by atoms with Crippen molar-refractivity contribution in [3.8, 4) is 11.6 Å². The van der Waals surface area contributed by atoms with Crippen molar-refractivity contribution in [2.45, 2.75) is 32.2 Å². The van der Waals surface area contributed by atoms with Gasteiger partial charge in [0.25, 0.3) is 0 Å². The van der Waals surface area contributed by atoms with Gasteiger partial charge in [0, 0.05) is 55.1 Å². The fourth-order valence-corrected chi connectivity index (χ4v) is 4.73. The van der Waals surface area contributed by atoms with Gasteiger partial charge in [0.1, 0.15) is 5.75 Å². The van der Waals surface area contributed by atoms with E-state index in [-0.39, 0.29) is 5.91 Å². The summed E-state index contributed by atoms with van der Waals surface area (Å²) in [6.07, 6.45) is 7.47. The molecule has 3 heterocycles. The first-order valence-electron chi connectivity index (χ1n) is 13.2. The topological polar surface area (TPSA) is 110 Å². The molecule has 0 bridgehead atoms. The predicted molar refractivity (Wildman–Crippen MR) is 151 cm³/mol. The third-order valence-corrected chi connectivity index (χ3v) is 6.79. The molecule has 1 aromatic carbocycles. The summed E-state index contributed by atoms with van der Waals surface area (Å²) >= 11 is 0. The lowest BCUT2D eigenvalue weighted by molar-refractivity contribution is -0.111. The zero-order valence-corrected chi connectivity index (χ0v) is 23.0. The quantitative estimate of drug-likeness (QED) is 0.378. The molecule has 0 spiro atoms. The number of rotatable bonds is 10. The standard InChI is InChI=1S/C28H36N8O3/c1-6-25(37)30-21-13-22(24(38-5)14-23(21)35-9-11-39-12-10-35)31-28-29-15-18(2)27(32-28)36-17-20(16-34(3)4)26(33-36)19-7-8-19/h6,13-15,17,19H,1,7-12,16H2,2-5H3,(H,30,37)(H,29,31,32). The van der Waals surface area contributed by atoms with E-state index in [0.717, 1.165) is 23.5 Å². The Labute approximate surface area is 228 Å². The maximum Gasteiger partial charge on any atom is 0.247 e. The van der Waals surface area contributed by atoms with Crippen LogP contribution in [0.3, 0.4) is 0 Å². The second kappa shape index (κ2) is 11.4. The summed E-state index contributed by atoms with van der Waals surface area (Å²) in [5.74, 6) is 1.94. The molecule has 1 amide bonds. The Bertz CT molecular complexity index is 1360. The molecule has 206 valence electrons. The lowest BCUT2D eigenvalue weighted by atomic mass is 10.1. The molecule has 0 atom stereocenters. The molecule has 2 fully saturated rings. The normalized spacial score (nSPS) is 15.4. The van der Waals surface area contributed by atoms with Gasteiger partial charge >= 0.3 is 0 Å². The number of amides is 1. The average molecular weight is 533 g/mol. The molecule has 1 aliphatic heterocycles. The molecule has 11 nitrogen and oxygen atoms in total. The van der Waals surface area contributed by atoms with Gasteiger partial charge in [0.2, 0.25) is 11.9 Å². The molecule has 11 heteroatoms. The van der Waals surface area contributed by atoms with Gasteiger partial charge in [0.15, 0.2) is 5.82 Å². The number of methoxy groups -OCH3 is 1. The third-order valence-electron chi connectivity index (χ3n) is 6.79. The Morgan fingerprint density at radius 3 is 2.69 bits per heavy atom. The van der Waals surface area contributed by atoms with Crippen LogP contribution >= 0.6 is 0 Å². The summed E-state index contributed by atoms with van der Waals surface area (Å²) in [5.41, 5.74) is 5.38. The number of anilines is 4. The van der Waals surface area contributed by atoms with Crippen LogP contribution in [0.1, 0.15) is 35.6 Å². The van der Waals surface area contributed by atoms with E-state index in [4.69, 9.17) is 19.6 Å². The van der Waals surface area contributed by atoms with Crippen LogP contribution in [-0.2, 0) is 16.1 Å².